The van der Waals surface area contributed by atoms with Crippen LogP contribution in [0.25, 0.3) is 0 Å². The summed E-state index contributed by atoms with van der Waals surface area (Å²) in [6.07, 6.45) is 0. The standard InChI is InChI=1S/C7H5.C2H5.CHO2.V.W.Y/c1-7-5-3-2-4-6-7;1-2;2-1-3;;;/h2-3,6H,1H2;1H2,2H3;(H,2,3);;;/q-3;2*-1;+2;;. The van der Waals surface area contributed by atoms with Crippen LogP contribution in [0.3, 0.4) is 0 Å². The van der Waals surface area contributed by atoms with Crippen LogP contribution in [0.4, 0.5) is 0 Å². The summed E-state index contributed by atoms with van der Waals surface area (Å²) < 4.78 is 0. The van der Waals surface area contributed by atoms with E-state index in [0.717, 1.165) is 5.56 Å². The molecule has 0 saturated carbocycles. The van der Waals surface area contributed by atoms with Gasteiger partial charge in [0.1, 0.15) is 0 Å². The Bertz CT molecular complexity index is 186. The molecule has 1 aromatic rings. The van der Waals surface area contributed by atoms with E-state index in [1.54, 1.807) is 25.1 Å². The minimum absolute atomic E-state index is 0. The molecule has 5 heteroatoms. The number of benzene rings is 1. The summed E-state index contributed by atoms with van der Waals surface area (Å²) in [5.41, 5.74) is 0.891. The second-order valence-electron chi connectivity index (χ2n) is 1.41. The summed E-state index contributed by atoms with van der Waals surface area (Å²) in [6.45, 7) is 9.13. The quantitative estimate of drug-likeness (QED) is 0.569. The zero-order valence-electron chi connectivity index (χ0n) is 8.43. The van der Waals surface area contributed by atoms with Gasteiger partial charge in [-0.2, -0.15) is 6.92 Å². The van der Waals surface area contributed by atoms with Crippen molar-refractivity contribution in [3.63, 3.8) is 0 Å². The summed E-state index contributed by atoms with van der Waals surface area (Å²) in [7, 11) is 0. The van der Waals surface area contributed by atoms with Crippen molar-refractivity contribution in [2.75, 3.05) is 0 Å². The molecular formula is C10H11O2VWY-3. The third kappa shape index (κ3) is 31.3. The molecule has 15 heavy (non-hydrogen) atoms. The zero-order chi connectivity index (χ0) is 9.82. The molecule has 1 N–H and O–H groups in total. The van der Waals surface area contributed by atoms with Crippen molar-refractivity contribution >= 4 is 6.47 Å². The maximum Gasteiger partial charge on any atom is 2.00 e. The van der Waals surface area contributed by atoms with Crippen molar-refractivity contribution in [2.45, 2.75) is 6.92 Å². The normalized spacial score (nSPS) is 5.20. The number of hydrogen-bond acceptors (Lipinski definition) is 1. The Labute approximate surface area is 144 Å². The van der Waals surface area contributed by atoms with Crippen LogP contribution in [0.1, 0.15) is 12.5 Å². The Morgan fingerprint density at radius 3 is 1.93 bits per heavy atom. The molecule has 0 amide bonds. The summed E-state index contributed by atoms with van der Waals surface area (Å²) in [6, 6.07) is 11.1. The van der Waals surface area contributed by atoms with Gasteiger partial charge in [-0.3, -0.25) is 6.07 Å². The SMILES string of the molecule is O=[C-]O.[CH2-]C.[CH2-]c1[c-]cc[c-]c1.[V+2].[W].[Y]. The predicted octanol–water partition coefficient (Wildman–Crippen LogP) is 1.91. The molecule has 0 heterocycles. The molecule has 0 fully saturated rings. The van der Waals surface area contributed by atoms with E-state index in [2.05, 4.69) is 26.0 Å². The van der Waals surface area contributed by atoms with E-state index < -0.39 is 0 Å². The number of rotatable bonds is 0. The van der Waals surface area contributed by atoms with E-state index in [1.807, 2.05) is 0 Å². The summed E-state index contributed by atoms with van der Waals surface area (Å²) in [4.78, 5) is 8.24. The third-order valence-corrected chi connectivity index (χ3v) is 0.706. The van der Waals surface area contributed by atoms with Gasteiger partial charge in [0.2, 0.25) is 0 Å². The van der Waals surface area contributed by atoms with Crippen LogP contribution in [0.15, 0.2) is 18.2 Å². The Morgan fingerprint density at radius 1 is 1.40 bits per heavy atom. The monoisotopic (exact) mass is 487 g/mol. The average Bonchev–Trinajstić information content (AvgIpc) is 2.11. The summed E-state index contributed by atoms with van der Waals surface area (Å²) >= 11 is 0. The van der Waals surface area contributed by atoms with Gasteiger partial charge in [-0.25, -0.2) is 6.07 Å². The Balaban J connectivity index is -0.0000000373. The number of aliphatic hydroxyl groups excluding tert-OH is 1. The van der Waals surface area contributed by atoms with Crippen LogP contribution in [-0.2, 0) is 77.1 Å². The first-order valence-corrected chi connectivity index (χ1v) is 3.23. The molecule has 0 saturated heterocycles. The van der Waals surface area contributed by atoms with Crippen molar-refractivity contribution in [3.05, 3.63) is 49.7 Å². The van der Waals surface area contributed by atoms with Crippen LogP contribution < -0.4 is 0 Å². The molecule has 2 nitrogen and oxygen atoms in total. The van der Waals surface area contributed by atoms with Gasteiger partial charge in [0.25, 0.3) is 0 Å². The van der Waals surface area contributed by atoms with Crippen LogP contribution in [-0.4, -0.2) is 11.6 Å². The van der Waals surface area contributed by atoms with Gasteiger partial charge in [-0.1, -0.05) is 6.47 Å². The van der Waals surface area contributed by atoms with Gasteiger partial charge in [-0.05, 0) is 0 Å². The van der Waals surface area contributed by atoms with Crippen molar-refractivity contribution in [1.82, 2.24) is 0 Å². The molecule has 0 bridgehead atoms. The first kappa shape index (κ1) is 29.7. The van der Waals surface area contributed by atoms with E-state index in [-0.39, 0.29) is 72.3 Å². The van der Waals surface area contributed by atoms with Crippen LogP contribution in [0.5, 0.6) is 0 Å². The molecule has 0 atom stereocenters. The van der Waals surface area contributed by atoms with Crippen LogP contribution in [0.2, 0.25) is 0 Å². The molecule has 0 aliphatic rings. The fourth-order valence-electron chi connectivity index (χ4n) is 0.387. The van der Waals surface area contributed by atoms with E-state index in [4.69, 9.17) is 9.90 Å². The molecule has 1 rings (SSSR count). The molecular weight excluding hydrogens is 476 g/mol. The van der Waals surface area contributed by atoms with Crippen molar-refractivity contribution in [1.29, 1.82) is 0 Å². The summed E-state index contributed by atoms with van der Waals surface area (Å²) in [5, 5.41) is 6.76. The maximum absolute atomic E-state index is 8.24. The Hall–Kier alpha value is 0.937. The minimum atomic E-state index is 0. The third-order valence-electron chi connectivity index (χ3n) is 0.706. The molecule has 80 valence electrons. The fraction of sp³-hybridized carbons (Fsp3) is 0.100. The summed E-state index contributed by atoms with van der Waals surface area (Å²) in [5.74, 6) is 0. The predicted molar refractivity (Wildman–Crippen MR) is 47.9 cm³/mol. The Kier molecular flexibility index (Phi) is 58.2. The first-order valence-electron chi connectivity index (χ1n) is 3.23. The molecule has 0 unspecified atom stereocenters. The van der Waals surface area contributed by atoms with Crippen molar-refractivity contribution < 1.29 is 82.2 Å². The molecule has 0 aliphatic heterocycles. The maximum atomic E-state index is 8.24. The van der Waals surface area contributed by atoms with Crippen LogP contribution >= 0.6 is 0 Å². The molecule has 2 radical (unpaired) electrons. The van der Waals surface area contributed by atoms with Gasteiger partial charge in [-0.15, -0.1) is 0 Å². The molecule has 0 aromatic heterocycles. The number of hydrogen-bond donors (Lipinski definition) is 1. The van der Waals surface area contributed by atoms with Crippen LogP contribution in [0, 0.1) is 26.0 Å². The molecule has 0 spiro atoms. The fourth-order valence-corrected chi connectivity index (χ4v) is 0.387. The second-order valence-corrected chi connectivity index (χ2v) is 1.41. The zero-order valence-corrected chi connectivity index (χ0v) is 15.6. The van der Waals surface area contributed by atoms with Gasteiger partial charge >= 0.3 is 18.6 Å². The average molecular weight is 487 g/mol. The van der Waals surface area contributed by atoms with E-state index >= 15 is 0 Å². The second kappa shape index (κ2) is 29.4. The Morgan fingerprint density at radius 2 is 1.80 bits per heavy atom. The van der Waals surface area contributed by atoms with E-state index in [0.29, 0.717) is 6.47 Å². The van der Waals surface area contributed by atoms with Gasteiger partial charge in [0.05, 0.1) is 0 Å². The smallest absolute Gasteiger partial charge is 0.665 e. The van der Waals surface area contributed by atoms with Gasteiger partial charge in [0.15, 0.2) is 0 Å². The van der Waals surface area contributed by atoms with Crippen molar-refractivity contribution in [2.24, 2.45) is 0 Å². The topological polar surface area (TPSA) is 37.3 Å². The molecule has 1 aromatic carbocycles. The van der Waals surface area contributed by atoms with Crippen molar-refractivity contribution in [3.8, 4) is 0 Å². The van der Waals surface area contributed by atoms with E-state index in [9.17, 15) is 0 Å². The van der Waals surface area contributed by atoms with E-state index in [1.165, 1.54) is 0 Å². The van der Waals surface area contributed by atoms with Gasteiger partial charge in [0, 0.05) is 53.8 Å². The molecule has 0 aliphatic carbocycles. The minimum Gasteiger partial charge on any atom is -0.665 e. The largest absolute Gasteiger partial charge is 2.00 e. The first-order chi connectivity index (χ1) is 5.81. The van der Waals surface area contributed by atoms with Gasteiger partial charge < -0.3 is 47.5 Å².